The first-order valence-corrected chi connectivity index (χ1v) is 7.83. The Hall–Kier alpha value is -0.560. The average molecular weight is 417 g/mol. The van der Waals surface area contributed by atoms with Crippen molar-refractivity contribution in [3.8, 4) is 0 Å². The SMILES string of the molecule is CC(C)N(CCBr)C(=O)c1ccc(Br)c(C(F)(F)F)c1. The molecule has 0 saturated carbocycles. The lowest BCUT2D eigenvalue weighted by Crippen LogP contribution is -2.38. The fraction of sp³-hybridized carbons (Fsp3) is 0.462. The van der Waals surface area contributed by atoms with Crippen molar-refractivity contribution in [2.24, 2.45) is 0 Å². The van der Waals surface area contributed by atoms with Gasteiger partial charge in [-0.25, -0.2) is 0 Å². The predicted molar refractivity (Wildman–Crippen MR) is 79.1 cm³/mol. The van der Waals surface area contributed by atoms with Crippen LogP contribution in [-0.2, 0) is 6.18 Å². The molecule has 0 aromatic heterocycles. The van der Waals surface area contributed by atoms with E-state index in [1.807, 2.05) is 13.8 Å². The van der Waals surface area contributed by atoms with E-state index in [0.29, 0.717) is 11.9 Å². The quantitative estimate of drug-likeness (QED) is 0.650. The number of carbonyl (C=O) groups excluding carboxylic acids is 1. The van der Waals surface area contributed by atoms with Crippen LogP contribution in [0.15, 0.2) is 22.7 Å². The molecule has 0 spiro atoms. The zero-order valence-corrected chi connectivity index (χ0v) is 14.1. The molecule has 0 N–H and O–H groups in total. The maximum absolute atomic E-state index is 12.8. The Morgan fingerprint density at radius 2 is 1.95 bits per heavy atom. The number of benzene rings is 1. The van der Waals surface area contributed by atoms with Crippen molar-refractivity contribution in [1.82, 2.24) is 4.90 Å². The Bertz CT molecular complexity index is 489. The fourth-order valence-electron chi connectivity index (χ4n) is 1.73. The summed E-state index contributed by atoms with van der Waals surface area (Å²) in [4.78, 5) is 13.8. The van der Waals surface area contributed by atoms with Gasteiger partial charge >= 0.3 is 6.18 Å². The Morgan fingerprint density at radius 1 is 1.35 bits per heavy atom. The third-order valence-electron chi connectivity index (χ3n) is 2.73. The molecule has 0 aliphatic carbocycles. The summed E-state index contributed by atoms with van der Waals surface area (Å²) >= 11 is 6.10. The molecule has 0 aliphatic heterocycles. The van der Waals surface area contributed by atoms with E-state index in [1.54, 1.807) is 0 Å². The Kier molecular flexibility index (Phi) is 6.06. The second-order valence-electron chi connectivity index (χ2n) is 4.47. The minimum atomic E-state index is -4.49. The van der Waals surface area contributed by atoms with Gasteiger partial charge in [0.2, 0.25) is 0 Å². The fourth-order valence-corrected chi connectivity index (χ4v) is 2.58. The highest BCUT2D eigenvalue weighted by molar-refractivity contribution is 9.10. The van der Waals surface area contributed by atoms with Crippen LogP contribution in [0.3, 0.4) is 0 Å². The molecule has 0 unspecified atom stereocenters. The molecular weight excluding hydrogens is 403 g/mol. The number of halogens is 5. The number of hydrogen-bond acceptors (Lipinski definition) is 1. The normalized spacial score (nSPS) is 11.8. The van der Waals surface area contributed by atoms with Crippen LogP contribution in [0, 0.1) is 0 Å². The highest BCUT2D eigenvalue weighted by Crippen LogP contribution is 2.35. The molecule has 1 amide bonds. The van der Waals surface area contributed by atoms with E-state index in [4.69, 9.17) is 0 Å². The standard InChI is InChI=1S/C13H14Br2F3NO/c1-8(2)19(6-5-14)12(20)9-3-4-11(15)10(7-9)13(16,17)18/h3-4,7-8H,5-6H2,1-2H3. The number of rotatable bonds is 4. The third-order valence-corrected chi connectivity index (χ3v) is 3.77. The second kappa shape index (κ2) is 6.93. The molecule has 20 heavy (non-hydrogen) atoms. The summed E-state index contributed by atoms with van der Waals surface area (Å²) in [7, 11) is 0. The molecule has 0 heterocycles. The molecule has 0 bridgehead atoms. The molecule has 1 aromatic carbocycles. The molecule has 0 aliphatic rings. The van der Waals surface area contributed by atoms with Crippen LogP contribution in [-0.4, -0.2) is 28.7 Å². The highest BCUT2D eigenvalue weighted by Gasteiger charge is 2.34. The first-order valence-electron chi connectivity index (χ1n) is 5.92. The molecule has 0 fully saturated rings. The van der Waals surface area contributed by atoms with Gasteiger partial charge in [0.1, 0.15) is 0 Å². The summed E-state index contributed by atoms with van der Waals surface area (Å²) in [5, 5.41) is 0.569. The van der Waals surface area contributed by atoms with Gasteiger partial charge in [-0.15, -0.1) is 0 Å². The van der Waals surface area contributed by atoms with E-state index in [1.165, 1.54) is 17.0 Å². The Balaban J connectivity index is 3.17. The molecule has 112 valence electrons. The van der Waals surface area contributed by atoms with Gasteiger partial charge in [-0.3, -0.25) is 4.79 Å². The van der Waals surface area contributed by atoms with Crippen LogP contribution in [0.25, 0.3) is 0 Å². The van der Waals surface area contributed by atoms with Gasteiger partial charge < -0.3 is 4.90 Å². The number of carbonyl (C=O) groups is 1. The maximum Gasteiger partial charge on any atom is 0.417 e. The second-order valence-corrected chi connectivity index (χ2v) is 6.12. The van der Waals surface area contributed by atoms with Crippen LogP contribution in [0.5, 0.6) is 0 Å². The van der Waals surface area contributed by atoms with Gasteiger partial charge in [0, 0.05) is 28.0 Å². The van der Waals surface area contributed by atoms with Crippen LogP contribution in [0.2, 0.25) is 0 Å². The predicted octanol–water partition coefficient (Wildman–Crippen LogP) is 4.71. The summed E-state index contributed by atoms with van der Waals surface area (Å²) in [6.07, 6.45) is -4.49. The summed E-state index contributed by atoms with van der Waals surface area (Å²) in [5.74, 6) is -0.405. The van der Waals surface area contributed by atoms with Gasteiger partial charge in [-0.05, 0) is 32.0 Å². The van der Waals surface area contributed by atoms with Crippen molar-refractivity contribution < 1.29 is 18.0 Å². The monoisotopic (exact) mass is 415 g/mol. The molecule has 1 aromatic rings. The molecule has 0 radical (unpaired) electrons. The number of amides is 1. The van der Waals surface area contributed by atoms with Crippen molar-refractivity contribution in [2.75, 3.05) is 11.9 Å². The van der Waals surface area contributed by atoms with Crippen LogP contribution >= 0.6 is 31.9 Å². The van der Waals surface area contributed by atoms with E-state index < -0.39 is 17.6 Å². The van der Waals surface area contributed by atoms with Gasteiger partial charge in [-0.1, -0.05) is 31.9 Å². The van der Waals surface area contributed by atoms with Crippen molar-refractivity contribution in [3.63, 3.8) is 0 Å². The van der Waals surface area contributed by atoms with Gasteiger partial charge in [0.25, 0.3) is 5.91 Å². The van der Waals surface area contributed by atoms with Gasteiger partial charge in [0.05, 0.1) is 5.56 Å². The largest absolute Gasteiger partial charge is 0.417 e. The third kappa shape index (κ3) is 4.22. The van der Waals surface area contributed by atoms with Crippen LogP contribution in [0.4, 0.5) is 13.2 Å². The van der Waals surface area contributed by atoms with Crippen LogP contribution in [0.1, 0.15) is 29.8 Å². The lowest BCUT2D eigenvalue weighted by molar-refractivity contribution is -0.138. The van der Waals surface area contributed by atoms with Crippen molar-refractivity contribution in [2.45, 2.75) is 26.1 Å². The van der Waals surface area contributed by atoms with E-state index in [9.17, 15) is 18.0 Å². The topological polar surface area (TPSA) is 20.3 Å². The summed E-state index contributed by atoms with van der Waals surface area (Å²) < 4.78 is 38.4. The summed E-state index contributed by atoms with van der Waals surface area (Å²) in [6, 6.07) is 3.45. The zero-order chi connectivity index (χ0) is 15.5. The number of nitrogens with zero attached hydrogens (tertiary/aromatic N) is 1. The summed E-state index contributed by atoms with van der Waals surface area (Å²) in [6.45, 7) is 4.09. The smallest absolute Gasteiger partial charge is 0.335 e. The zero-order valence-electron chi connectivity index (χ0n) is 11.0. The lowest BCUT2D eigenvalue weighted by atomic mass is 10.1. The molecular formula is C13H14Br2F3NO. The van der Waals surface area contributed by atoms with E-state index >= 15 is 0 Å². The molecule has 0 saturated heterocycles. The number of alkyl halides is 4. The van der Waals surface area contributed by atoms with Gasteiger partial charge in [-0.2, -0.15) is 13.2 Å². The molecule has 7 heteroatoms. The first-order chi connectivity index (χ1) is 9.18. The lowest BCUT2D eigenvalue weighted by Gasteiger charge is -2.26. The maximum atomic E-state index is 12.8. The minimum absolute atomic E-state index is 0.0372. The minimum Gasteiger partial charge on any atom is -0.335 e. The van der Waals surface area contributed by atoms with Crippen molar-refractivity contribution in [3.05, 3.63) is 33.8 Å². The van der Waals surface area contributed by atoms with E-state index in [-0.39, 0.29) is 16.1 Å². The Labute approximate surface area is 132 Å². The molecule has 2 nitrogen and oxygen atoms in total. The Morgan fingerprint density at radius 3 is 2.40 bits per heavy atom. The van der Waals surface area contributed by atoms with Crippen molar-refractivity contribution in [1.29, 1.82) is 0 Å². The highest BCUT2D eigenvalue weighted by atomic mass is 79.9. The van der Waals surface area contributed by atoms with Crippen molar-refractivity contribution >= 4 is 37.8 Å². The van der Waals surface area contributed by atoms with E-state index in [2.05, 4.69) is 31.9 Å². The van der Waals surface area contributed by atoms with E-state index in [0.717, 1.165) is 6.07 Å². The van der Waals surface area contributed by atoms with Crippen LogP contribution < -0.4 is 0 Å². The molecule has 0 atom stereocenters. The number of hydrogen-bond donors (Lipinski definition) is 0. The first kappa shape index (κ1) is 17.5. The summed E-state index contributed by atoms with van der Waals surface area (Å²) in [5.41, 5.74) is -0.805. The molecule has 1 rings (SSSR count). The van der Waals surface area contributed by atoms with Gasteiger partial charge in [0.15, 0.2) is 0 Å². The average Bonchev–Trinajstić information content (AvgIpc) is 2.34.